The number of benzene rings is 1. The molecule has 0 aliphatic heterocycles. The Morgan fingerprint density at radius 2 is 2.20 bits per heavy atom. The lowest BCUT2D eigenvalue weighted by Gasteiger charge is -2.04. The van der Waals surface area contributed by atoms with Crippen molar-refractivity contribution in [3.05, 3.63) is 48.0 Å². The number of aromatic nitrogens is 2. The molecule has 0 aliphatic rings. The molecule has 0 aliphatic carbocycles. The number of rotatable bonds is 5. The Balaban J connectivity index is 2.10. The van der Waals surface area contributed by atoms with E-state index in [-0.39, 0.29) is 11.3 Å². The molecule has 1 amide bonds. The number of nitrogens with zero attached hydrogens (tertiary/aromatic N) is 2. The SMILES string of the molecule is NCCn1cnc(C(=O)Nc2cccc(C(=O)O)c2)c1. The van der Waals surface area contributed by atoms with Crippen LogP contribution >= 0.6 is 0 Å². The number of carbonyl (C=O) groups is 2. The summed E-state index contributed by atoms with van der Waals surface area (Å²) in [6.45, 7) is 1.03. The van der Waals surface area contributed by atoms with Gasteiger partial charge < -0.3 is 20.7 Å². The minimum absolute atomic E-state index is 0.108. The van der Waals surface area contributed by atoms with Gasteiger partial charge in [0.2, 0.25) is 0 Å². The molecule has 1 aromatic carbocycles. The van der Waals surface area contributed by atoms with Crippen LogP contribution in [0.4, 0.5) is 5.69 Å². The normalized spacial score (nSPS) is 10.2. The van der Waals surface area contributed by atoms with Gasteiger partial charge in [0.25, 0.3) is 5.91 Å². The van der Waals surface area contributed by atoms with Crippen LogP contribution in [0.15, 0.2) is 36.8 Å². The van der Waals surface area contributed by atoms with Gasteiger partial charge in [0.05, 0.1) is 11.9 Å². The van der Waals surface area contributed by atoms with Crippen LogP contribution in [0.1, 0.15) is 20.8 Å². The molecule has 0 spiro atoms. The molecule has 2 aromatic rings. The number of carbonyl (C=O) groups excluding carboxylic acids is 1. The molecule has 0 atom stereocenters. The molecule has 0 unspecified atom stereocenters. The van der Waals surface area contributed by atoms with E-state index in [2.05, 4.69) is 10.3 Å². The van der Waals surface area contributed by atoms with Gasteiger partial charge >= 0.3 is 5.97 Å². The van der Waals surface area contributed by atoms with Gasteiger partial charge in [-0.3, -0.25) is 4.79 Å². The highest BCUT2D eigenvalue weighted by atomic mass is 16.4. The quantitative estimate of drug-likeness (QED) is 0.746. The van der Waals surface area contributed by atoms with Crippen molar-refractivity contribution in [3.63, 3.8) is 0 Å². The predicted octanol–water partition coefficient (Wildman–Crippen LogP) is 0.792. The van der Waals surface area contributed by atoms with Gasteiger partial charge in [-0.05, 0) is 18.2 Å². The molecule has 7 heteroatoms. The summed E-state index contributed by atoms with van der Waals surface area (Å²) in [5.41, 5.74) is 6.17. The first kappa shape index (κ1) is 13.8. The van der Waals surface area contributed by atoms with Crippen molar-refractivity contribution in [2.45, 2.75) is 6.54 Å². The van der Waals surface area contributed by atoms with Crippen molar-refractivity contribution in [2.24, 2.45) is 5.73 Å². The topological polar surface area (TPSA) is 110 Å². The van der Waals surface area contributed by atoms with E-state index in [4.69, 9.17) is 10.8 Å². The molecule has 1 heterocycles. The molecular formula is C13H14N4O3. The van der Waals surface area contributed by atoms with Crippen LogP contribution in [0.5, 0.6) is 0 Å². The third-order valence-electron chi connectivity index (χ3n) is 2.62. The van der Waals surface area contributed by atoms with E-state index in [0.717, 1.165) is 0 Å². The Labute approximate surface area is 115 Å². The first-order valence-electron chi connectivity index (χ1n) is 5.96. The number of anilines is 1. The fourth-order valence-electron chi connectivity index (χ4n) is 1.67. The zero-order chi connectivity index (χ0) is 14.5. The fourth-order valence-corrected chi connectivity index (χ4v) is 1.67. The Hall–Kier alpha value is -2.67. The molecule has 20 heavy (non-hydrogen) atoms. The Bertz CT molecular complexity index is 636. The Kier molecular flexibility index (Phi) is 4.11. The lowest BCUT2D eigenvalue weighted by molar-refractivity contribution is 0.0696. The van der Waals surface area contributed by atoms with Gasteiger partial charge in [-0.2, -0.15) is 0 Å². The summed E-state index contributed by atoms with van der Waals surface area (Å²) < 4.78 is 1.71. The molecule has 0 saturated heterocycles. The molecule has 0 radical (unpaired) electrons. The highest BCUT2D eigenvalue weighted by Crippen LogP contribution is 2.12. The van der Waals surface area contributed by atoms with Crippen LogP contribution in [0.2, 0.25) is 0 Å². The standard InChI is InChI=1S/C13H14N4O3/c14-4-5-17-7-11(15-8-17)12(18)16-10-3-1-2-9(6-10)13(19)20/h1-3,6-8H,4-5,14H2,(H,16,18)(H,19,20). The molecule has 2 rings (SSSR count). The highest BCUT2D eigenvalue weighted by Gasteiger charge is 2.10. The summed E-state index contributed by atoms with van der Waals surface area (Å²) in [4.78, 5) is 26.8. The molecule has 0 saturated carbocycles. The summed E-state index contributed by atoms with van der Waals surface area (Å²) in [7, 11) is 0. The molecule has 0 fully saturated rings. The van der Waals surface area contributed by atoms with Crippen LogP contribution in [-0.4, -0.2) is 33.1 Å². The first-order valence-corrected chi connectivity index (χ1v) is 5.96. The number of amides is 1. The zero-order valence-corrected chi connectivity index (χ0v) is 10.6. The minimum Gasteiger partial charge on any atom is -0.478 e. The van der Waals surface area contributed by atoms with Crippen LogP contribution in [0.25, 0.3) is 0 Å². The first-order chi connectivity index (χ1) is 9.60. The molecule has 1 aromatic heterocycles. The summed E-state index contributed by atoms with van der Waals surface area (Å²) in [5, 5.41) is 11.5. The van der Waals surface area contributed by atoms with Crippen molar-refractivity contribution in [2.75, 3.05) is 11.9 Å². The number of nitrogens with one attached hydrogen (secondary N) is 1. The largest absolute Gasteiger partial charge is 0.478 e. The number of carboxylic acids is 1. The van der Waals surface area contributed by atoms with Crippen LogP contribution in [0, 0.1) is 0 Å². The van der Waals surface area contributed by atoms with Gasteiger partial charge in [0.1, 0.15) is 5.69 Å². The van der Waals surface area contributed by atoms with E-state index in [1.54, 1.807) is 22.9 Å². The average Bonchev–Trinajstić information content (AvgIpc) is 2.88. The molecule has 7 nitrogen and oxygen atoms in total. The van der Waals surface area contributed by atoms with Crippen molar-refractivity contribution < 1.29 is 14.7 Å². The van der Waals surface area contributed by atoms with E-state index < -0.39 is 11.9 Å². The average molecular weight is 274 g/mol. The van der Waals surface area contributed by atoms with Gasteiger partial charge in [-0.15, -0.1) is 0 Å². The van der Waals surface area contributed by atoms with E-state index in [1.807, 2.05) is 0 Å². The second-order valence-electron chi connectivity index (χ2n) is 4.13. The van der Waals surface area contributed by atoms with Crippen LogP contribution in [-0.2, 0) is 6.54 Å². The fraction of sp³-hybridized carbons (Fsp3) is 0.154. The van der Waals surface area contributed by atoms with Crippen molar-refractivity contribution in [1.82, 2.24) is 9.55 Å². The van der Waals surface area contributed by atoms with E-state index >= 15 is 0 Å². The zero-order valence-electron chi connectivity index (χ0n) is 10.6. The lowest BCUT2D eigenvalue weighted by Crippen LogP contribution is -2.13. The number of imidazole rings is 1. The highest BCUT2D eigenvalue weighted by molar-refractivity contribution is 6.03. The smallest absolute Gasteiger partial charge is 0.335 e. The maximum atomic E-state index is 11.9. The maximum Gasteiger partial charge on any atom is 0.335 e. The van der Waals surface area contributed by atoms with E-state index in [0.29, 0.717) is 18.8 Å². The van der Waals surface area contributed by atoms with Crippen LogP contribution < -0.4 is 11.1 Å². The Morgan fingerprint density at radius 1 is 1.40 bits per heavy atom. The molecule has 0 bridgehead atoms. The molecular weight excluding hydrogens is 260 g/mol. The molecule has 104 valence electrons. The van der Waals surface area contributed by atoms with Gasteiger partial charge in [-0.25, -0.2) is 9.78 Å². The second kappa shape index (κ2) is 5.98. The minimum atomic E-state index is -1.05. The maximum absolute atomic E-state index is 11.9. The predicted molar refractivity (Wildman–Crippen MR) is 72.6 cm³/mol. The summed E-state index contributed by atoms with van der Waals surface area (Å²) >= 11 is 0. The van der Waals surface area contributed by atoms with Gasteiger partial charge in [0.15, 0.2) is 0 Å². The molecule has 4 N–H and O–H groups in total. The second-order valence-corrected chi connectivity index (χ2v) is 4.13. The summed E-state index contributed by atoms with van der Waals surface area (Å²) in [6, 6.07) is 6.01. The number of aromatic carboxylic acids is 1. The third kappa shape index (κ3) is 3.21. The monoisotopic (exact) mass is 274 g/mol. The van der Waals surface area contributed by atoms with Gasteiger partial charge in [0, 0.05) is 25.0 Å². The van der Waals surface area contributed by atoms with E-state index in [1.165, 1.54) is 18.5 Å². The van der Waals surface area contributed by atoms with Crippen molar-refractivity contribution >= 4 is 17.6 Å². The third-order valence-corrected chi connectivity index (χ3v) is 2.62. The number of hydrogen-bond donors (Lipinski definition) is 3. The summed E-state index contributed by atoms with van der Waals surface area (Å²) in [6.07, 6.45) is 3.11. The number of nitrogens with two attached hydrogens (primary N) is 1. The van der Waals surface area contributed by atoms with Crippen molar-refractivity contribution in [3.8, 4) is 0 Å². The number of carboxylic acid groups (broad SMARTS) is 1. The lowest BCUT2D eigenvalue weighted by atomic mass is 10.2. The van der Waals surface area contributed by atoms with Crippen molar-refractivity contribution in [1.29, 1.82) is 0 Å². The van der Waals surface area contributed by atoms with E-state index in [9.17, 15) is 9.59 Å². The summed E-state index contributed by atoms with van der Waals surface area (Å²) in [5.74, 6) is -1.45. The number of hydrogen-bond acceptors (Lipinski definition) is 4. The Morgan fingerprint density at radius 3 is 2.90 bits per heavy atom. The van der Waals surface area contributed by atoms with Crippen LogP contribution in [0.3, 0.4) is 0 Å². The van der Waals surface area contributed by atoms with Gasteiger partial charge in [-0.1, -0.05) is 6.07 Å².